The van der Waals surface area contributed by atoms with Crippen molar-refractivity contribution in [3.63, 3.8) is 0 Å². The minimum absolute atomic E-state index is 0.00935. The van der Waals surface area contributed by atoms with E-state index in [1.807, 2.05) is 13.0 Å². The summed E-state index contributed by atoms with van der Waals surface area (Å²) in [7, 11) is 0. The van der Waals surface area contributed by atoms with Crippen molar-refractivity contribution in [2.75, 3.05) is 46.2 Å². The molecule has 0 bridgehead atoms. The van der Waals surface area contributed by atoms with Gasteiger partial charge in [-0.15, -0.1) is 0 Å². The molecule has 0 aromatic heterocycles. The van der Waals surface area contributed by atoms with E-state index < -0.39 is 12.3 Å². The van der Waals surface area contributed by atoms with Gasteiger partial charge < -0.3 is 28.8 Å². The van der Waals surface area contributed by atoms with Crippen LogP contribution in [0.3, 0.4) is 0 Å². The van der Waals surface area contributed by atoms with Gasteiger partial charge >= 0.3 is 5.97 Å². The lowest BCUT2D eigenvalue weighted by Gasteiger charge is -2.38. The normalized spacial score (nSPS) is 22.3. The monoisotopic (exact) mass is 386 g/mol. The molecule has 1 aliphatic heterocycles. The van der Waals surface area contributed by atoms with Crippen LogP contribution in [0.4, 0.5) is 0 Å². The second kappa shape index (κ2) is 13.7. The van der Waals surface area contributed by atoms with Crippen LogP contribution in [0.5, 0.6) is 0 Å². The predicted molar refractivity (Wildman–Crippen MR) is 101 cm³/mol. The molecule has 0 saturated carbocycles. The quantitative estimate of drug-likeness (QED) is 0.279. The molecule has 0 fully saturated rings. The van der Waals surface area contributed by atoms with E-state index >= 15 is 0 Å². The molecule has 0 aromatic rings. The number of allylic oxidation sites excluding steroid dienone is 1. The summed E-state index contributed by atoms with van der Waals surface area (Å²) in [6, 6.07) is 0. The van der Waals surface area contributed by atoms with Crippen molar-refractivity contribution in [3.8, 4) is 0 Å². The van der Waals surface area contributed by atoms with Crippen LogP contribution in [0.1, 0.15) is 27.2 Å². The Kier molecular flexibility index (Phi) is 12.0. The van der Waals surface area contributed by atoms with E-state index in [0.29, 0.717) is 39.0 Å². The number of carbonyl (C=O) groups is 1. The largest absolute Gasteiger partial charge is 0.457 e. The second-order valence-electron chi connectivity index (χ2n) is 6.58. The molecule has 0 aliphatic carbocycles. The van der Waals surface area contributed by atoms with E-state index in [1.54, 1.807) is 0 Å². The molecule has 3 unspecified atom stereocenters. The van der Waals surface area contributed by atoms with Gasteiger partial charge in [0.05, 0.1) is 26.4 Å². The van der Waals surface area contributed by atoms with Gasteiger partial charge in [-0.2, -0.15) is 0 Å². The van der Waals surface area contributed by atoms with E-state index in [4.69, 9.17) is 28.8 Å². The Bertz CT molecular complexity index is 461. The highest BCUT2D eigenvalue weighted by Gasteiger charge is 2.38. The van der Waals surface area contributed by atoms with Crippen LogP contribution in [0.2, 0.25) is 0 Å². The Morgan fingerprint density at radius 1 is 1.30 bits per heavy atom. The van der Waals surface area contributed by atoms with Crippen LogP contribution in [-0.2, 0) is 28.5 Å². The zero-order valence-electron chi connectivity index (χ0n) is 16.7. The lowest BCUT2D eigenvalue weighted by atomic mass is 9.79. The predicted octanol–water partition coefficient (Wildman–Crippen LogP) is 2.30. The molecule has 7 nitrogen and oxygen atoms in total. The summed E-state index contributed by atoms with van der Waals surface area (Å²) in [6.07, 6.45) is 3.58. The molecule has 1 heterocycles. The Labute approximate surface area is 162 Å². The third-order valence-electron chi connectivity index (χ3n) is 4.27. The highest BCUT2D eigenvalue weighted by molar-refractivity contribution is 5.86. The number of hydrogen-bond acceptors (Lipinski definition) is 7. The van der Waals surface area contributed by atoms with Crippen LogP contribution < -0.4 is 0 Å². The van der Waals surface area contributed by atoms with Crippen molar-refractivity contribution < 1.29 is 33.6 Å². The van der Waals surface area contributed by atoms with Crippen LogP contribution in [-0.4, -0.2) is 63.6 Å². The third-order valence-corrected chi connectivity index (χ3v) is 4.27. The molecule has 0 saturated heterocycles. The van der Waals surface area contributed by atoms with E-state index in [-0.39, 0.29) is 30.8 Å². The van der Waals surface area contributed by atoms with E-state index in [2.05, 4.69) is 20.4 Å². The Morgan fingerprint density at radius 2 is 2.00 bits per heavy atom. The first-order valence-corrected chi connectivity index (χ1v) is 9.59. The molecule has 156 valence electrons. The number of ether oxygens (including phenoxy) is 5. The third kappa shape index (κ3) is 8.43. The molecule has 1 aliphatic rings. The Hall–Kier alpha value is -1.41. The second-order valence-corrected chi connectivity index (χ2v) is 6.58. The number of rotatable bonds is 14. The lowest BCUT2D eigenvalue weighted by molar-refractivity contribution is -0.184. The highest BCUT2D eigenvalue weighted by atomic mass is 16.7. The van der Waals surface area contributed by atoms with Crippen molar-refractivity contribution in [3.05, 3.63) is 24.5 Å². The number of aliphatic hydroxyl groups is 1. The maximum atomic E-state index is 12.2. The summed E-state index contributed by atoms with van der Waals surface area (Å²) in [4.78, 5) is 12.2. The van der Waals surface area contributed by atoms with Gasteiger partial charge in [-0.1, -0.05) is 26.5 Å². The summed E-state index contributed by atoms with van der Waals surface area (Å²) in [5.74, 6) is 0.177. The van der Waals surface area contributed by atoms with Gasteiger partial charge in [-0.25, -0.2) is 4.79 Å². The number of aliphatic hydroxyl groups excluding tert-OH is 1. The Balaban J connectivity index is 2.69. The Morgan fingerprint density at radius 3 is 2.59 bits per heavy atom. The van der Waals surface area contributed by atoms with Gasteiger partial charge in [0, 0.05) is 19.1 Å². The summed E-state index contributed by atoms with van der Waals surface area (Å²) in [6.45, 7) is 12.1. The summed E-state index contributed by atoms with van der Waals surface area (Å²) in [5, 5.41) is 8.67. The van der Waals surface area contributed by atoms with Crippen molar-refractivity contribution >= 4 is 5.97 Å². The SMILES string of the molecule is C=CCOC(=O)C1=CC(C(C)C)C(CCOCCOCCO)C(OCC)O1. The highest BCUT2D eigenvalue weighted by Crippen LogP contribution is 2.36. The molecule has 1 rings (SSSR count). The minimum atomic E-state index is -0.520. The van der Waals surface area contributed by atoms with Gasteiger partial charge in [0.1, 0.15) is 6.61 Å². The standard InChI is InChI=1S/C20H34O7/c1-5-9-26-19(22)18-14-17(15(3)4)16(20(27-18)25-6-2)7-10-23-12-13-24-11-8-21/h5,14-17,20-21H,1,6-13H2,2-4H3. The molecule has 1 N–H and O–H groups in total. The van der Waals surface area contributed by atoms with Crippen molar-refractivity contribution in [2.45, 2.75) is 33.5 Å². The maximum Gasteiger partial charge on any atom is 0.373 e. The average Bonchev–Trinajstić information content (AvgIpc) is 2.65. The van der Waals surface area contributed by atoms with E-state index in [1.165, 1.54) is 6.08 Å². The molecule has 0 aromatic carbocycles. The van der Waals surface area contributed by atoms with Crippen molar-refractivity contribution in [1.29, 1.82) is 0 Å². The lowest BCUT2D eigenvalue weighted by Crippen LogP contribution is -2.40. The van der Waals surface area contributed by atoms with Gasteiger partial charge in [0.2, 0.25) is 12.0 Å². The van der Waals surface area contributed by atoms with Crippen LogP contribution in [0.25, 0.3) is 0 Å². The first kappa shape index (κ1) is 23.6. The van der Waals surface area contributed by atoms with Crippen LogP contribution in [0.15, 0.2) is 24.5 Å². The summed E-state index contributed by atoms with van der Waals surface area (Å²) in [5.41, 5.74) is 0. The topological polar surface area (TPSA) is 83.5 Å². The molecule has 0 radical (unpaired) electrons. The summed E-state index contributed by atoms with van der Waals surface area (Å²) < 4.78 is 27.5. The van der Waals surface area contributed by atoms with Crippen molar-refractivity contribution in [2.24, 2.45) is 17.8 Å². The average molecular weight is 386 g/mol. The van der Waals surface area contributed by atoms with E-state index in [0.717, 1.165) is 6.42 Å². The molecular weight excluding hydrogens is 352 g/mol. The van der Waals surface area contributed by atoms with Crippen LogP contribution in [0, 0.1) is 17.8 Å². The van der Waals surface area contributed by atoms with Gasteiger partial charge in [0.15, 0.2) is 0 Å². The van der Waals surface area contributed by atoms with Crippen molar-refractivity contribution in [1.82, 2.24) is 0 Å². The van der Waals surface area contributed by atoms with Crippen LogP contribution >= 0.6 is 0 Å². The molecule has 27 heavy (non-hydrogen) atoms. The summed E-state index contributed by atoms with van der Waals surface area (Å²) >= 11 is 0. The number of hydrogen-bond donors (Lipinski definition) is 1. The minimum Gasteiger partial charge on any atom is -0.457 e. The van der Waals surface area contributed by atoms with Gasteiger partial charge in [0.25, 0.3) is 0 Å². The maximum absolute atomic E-state index is 12.2. The molecule has 7 heteroatoms. The molecule has 0 spiro atoms. The zero-order chi connectivity index (χ0) is 20.1. The first-order chi connectivity index (χ1) is 13.0. The first-order valence-electron chi connectivity index (χ1n) is 9.59. The molecular formula is C20H34O7. The number of carbonyl (C=O) groups excluding carboxylic acids is 1. The van der Waals surface area contributed by atoms with Gasteiger partial charge in [-0.05, 0) is 31.3 Å². The molecule has 3 atom stereocenters. The fraction of sp³-hybridized carbons (Fsp3) is 0.750. The van der Waals surface area contributed by atoms with E-state index in [9.17, 15) is 4.79 Å². The fourth-order valence-corrected chi connectivity index (χ4v) is 3.00. The zero-order valence-corrected chi connectivity index (χ0v) is 16.7. The smallest absolute Gasteiger partial charge is 0.373 e. The number of esters is 1. The van der Waals surface area contributed by atoms with Gasteiger partial charge in [-0.3, -0.25) is 0 Å². The molecule has 0 amide bonds. The fourth-order valence-electron chi connectivity index (χ4n) is 3.00.